The van der Waals surface area contributed by atoms with Gasteiger partial charge >= 0.3 is 0 Å². The van der Waals surface area contributed by atoms with Crippen LogP contribution in [0.4, 0.5) is 0 Å². The molecule has 1 radical (unpaired) electrons. The summed E-state index contributed by atoms with van der Waals surface area (Å²) in [7, 11) is 0. The molecule has 0 aliphatic carbocycles. The van der Waals surface area contributed by atoms with E-state index in [1.165, 1.54) is 0 Å². The van der Waals surface area contributed by atoms with Crippen LogP contribution in [0.2, 0.25) is 0 Å². The highest BCUT2D eigenvalue weighted by Crippen LogP contribution is 1.94. The lowest BCUT2D eigenvalue weighted by molar-refractivity contribution is 0.824. The van der Waals surface area contributed by atoms with E-state index in [0.29, 0.717) is 5.92 Å². The van der Waals surface area contributed by atoms with Crippen molar-refractivity contribution in [2.45, 2.75) is 27.2 Å². The van der Waals surface area contributed by atoms with Crippen LogP contribution in [0.15, 0.2) is 18.2 Å². The molecule has 0 aromatic heterocycles. The SMILES string of the molecule is CC=CC[C]=CC(C)C. The normalized spacial score (nSPS) is 12.4. The van der Waals surface area contributed by atoms with Crippen LogP contribution in [0.25, 0.3) is 0 Å². The monoisotopic (exact) mass is 123 g/mol. The smallest absolute Gasteiger partial charge is 0.00979 e. The van der Waals surface area contributed by atoms with E-state index in [1.807, 2.05) is 13.0 Å². The van der Waals surface area contributed by atoms with Crippen molar-refractivity contribution in [2.75, 3.05) is 0 Å². The third-order valence-electron chi connectivity index (χ3n) is 0.923. The van der Waals surface area contributed by atoms with Gasteiger partial charge in [-0.25, -0.2) is 0 Å². The summed E-state index contributed by atoms with van der Waals surface area (Å²) in [5.41, 5.74) is 0. The van der Waals surface area contributed by atoms with Gasteiger partial charge in [0, 0.05) is 0 Å². The molecule has 0 N–H and O–H groups in total. The average Bonchev–Trinajstić information content (AvgIpc) is 1.80. The van der Waals surface area contributed by atoms with E-state index in [4.69, 9.17) is 0 Å². The second kappa shape index (κ2) is 5.61. The van der Waals surface area contributed by atoms with E-state index in [0.717, 1.165) is 6.42 Å². The Hall–Kier alpha value is -0.520. The molecule has 0 amide bonds. The molecule has 0 bridgehead atoms. The van der Waals surface area contributed by atoms with Gasteiger partial charge in [-0.3, -0.25) is 0 Å². The van der Waals surface area contributed by atoms with Crippen molar-refractivity contribution in [3.05, 3.63) is 24.3 Å². The molecule has 0 aromatic rings. The Kier molecular flexibility index (Phi) is 5.29. The maximum Gasteiger partial charge on any atom is -0.00979 e. The lowest BCUT2D eigenvalue weighted by Crippen LogP contribution is -1.75. The van der Waals surface area contributed by atoms with Crippen LogP contribution in [0.1, 0.15) is 27.2 Å². The number of allylic oxidation sites excluding steroid dienone is 4. The molecular formula is C9H15. The predicted molar refractivity (Wildman–Crippen MR) is 42.1 cm³/mol. The van der Waals surface area contributed by atoms with Crippen LogP contribution >= 0.6 is 0 Å². The summed E-state index contributed by atoms with van der Waals surface area (Å²) in [6.07, 6.45) is 10.4. The van der Waals surface area contributed by atoms with Crippen molar-refractivity contribution in [1.29, 1.82) is 0 Å². The van der Waals surface area contributed by atoms with Crippen LogP contribution in [0, 0.1) is 12.0 Å². The fraction of sp³-hybridized carbons (Fsp3) is 0.556. The first-order valence-corrected chi connectivity index (χ1v) is 3.45. The fourth-order valence-electron chi connectivity index (χ4n) is 0.490. The molecule has 0 saturated heterocycles. The van der Waals surface area contributed by atoms with E-state index in [-0.39, 0.29) is 0 Å². The van der Waals surface area contributed by atoms with Gasteiger partial charge in [0.05, 0.1) is 0 Å². The third-order valence-corrected chi connectivity index (χ3v) is 0.923. The Morgan fingerprint density at radius 3 is 2.56 bits per heavy atom. The molecule has 0 unspecified atom stereocenters. The lowest BCUT2D eigenvalue weighted by atomic mass is 10.2. The van der Waals surface area contributed by atoms with Crippen molar-refractivity contribution >= 4 is 0 Å². The van der Waals surface area contributed by atoms with Crippen LogP contribution < -0.4 is 0 Å². The molecule has 0 heteroatoms. The summed E-state index contributed by atoms with van der Waals surface area (Å²) < 4.78 is 0. The molecule has 0 saturated carbocycles. The zero-order valence-electron chi connectivity index (χ0n) is 6.52. The predicted octanol–water partition coefficient (Wildman–Crippen LogP) is 2.97. The standard InChI is InChI=1S/C9H15/c1-4-5-6-7-8-9(2)3/h4-5,8-9H,6H2,1-3H3. The van der Waals surface area contributed by atoms with Gasteiger partial charge in [-0.2, -0.15) is 0 Å². The zero-order chi connectivity index (χ0) is 7.11. The molecule has 0 aliphatic rings. The molecule has 0 spiro atoms. The van der Waals surface area contributed by atoms with Gasteiger partial charge in [-0.1, -0.05) is 32.1 Å². The first kappa shape index (κ1) is 8.48. The third kappa shape index (κ3) is 7.48. The van der Waals surface area contributed by atoms with E-state index in [9.17, 15) is 0 Å². The van der Waals surface area contributed by atoms with E-state index < -0.39 is 0 Å². The highest BCUT2D eigenvalue weighted by molar-refractivity contribution is 4.86. The van der Waals surface area contributed by atoms with Gasteiger partial charge in [0.1, 0.15) is 0 Å². The molecule has 0 rings (SSSR count). The van der Waals surface area contributed by atoms with Gasteiger partial charge < -0.3 is 0 Å². The highest BCUT2D eigenvalue weighted by Gasteiger charge is 1.80. The zero-order valence-corrected chi connectivity index (χ0v) is 6.52. The summed E-state index contributed by atoms with van der Waals surface area (Å²) in [5, 5.41) is 0. The topological polar surface area (TPSA) is 0 Å². The Balaban J connectivity index is 3.25. The molecule has 0 aromatic carbocycles. The van der Waals surface area contributed by atoms with Crippen molar-refractivity contribution in [3.8, 4) is 0 Å². The minimum Gasteiger partial charge on any atom is -0.0913 e. The molecular weight excluding hydrogens is 108 g/mol. The Morgan fingerprint density at radius 2 is 2.11 bits per heavy atom. The van der Waals surface area contributed by atoms with Gasteiger partial charge in [-0.15, -0.1) is 0 Å². The first-order valence-electron chi connectivity index (χ1n) is 3.45. The van der Waals surface area contributed by atoms with Crippen LogP contribution in [-0.2, 0) is 0 Å². The Bertz CT molecular complexity index is 96.6. The van der Waals surface area contributed by atoms with E-state index >= 15 is 0 Å². The summed E-state index contributed by atoms with van der Waals surface area (Å²) >= 11 is 0. The first-order chi connectivity index (χ1) is 4.27. The quantitative estimate of drug-likeness (QED) is 0.506. The number of hydrogen-bond acceptors (Lipinski definition) is 0. The van der Waals surface area contributed by atoms with E-state index in [1.54, 1.807) is 0 Å². The molecule has 9 heavy (non-hydrogen) atoms. The van der Waals surface area contributed by atoms with Crippen LogP contribution in [-0.4, -0.2) is 0 Å². The maximum atomic E-state index is 3.17. The molecule has 0 fully saturated rings. The Morgan fingerprint density at radius 1 is 1.44 bits per heavy atom. The Labute approximate surface area is 58.3 Å². The second-order valence-corrected chi connectivity index (χ2v) is 2.39. The summed E-state index contributed by atoms with van der Waals surface area (Å²) in [6.45, 7) is 6.34. The largest absolute Gasteiger partial charge is 0.0913 e. The van der Waals surface area contributed by atoms with Crippen LogP contribution in [0.3, 0.4) is 0 Å². The average molecular weight is 123 g/mol. The molecule has 0 atom stereocenters. The summed E-state index contributed by atoms with van der Waals surface area (Å²) in [6, 6.07) is 0. The van der Waals surface area contributed by atoms with Gasteiger partial charge in [0.25, 0.3) is 0 Å². The van der Waals surface area contributed by atoms with Crippen LogP contribution in [0.5, 0.6) is 0 Å². The van der Waals surface area contributed by atoms with Crippen molar-refractivity contribution in [3.63, 3.8) is 0 Å². The molecule has 0 aliphatic heterocycles. The highest BCUT2D eigenvalue weighted by atomic mass is 13.9. The maximum absolute atomic E-state index is 3.17. The summed E-state index contributed by atoms with van der Waals surface area (Å²) in [5.74, 6) is 0.634. The second-order valence-electron chi connectivity index (χ2n) is 2.39. The fourth-order valence-corrected chi connectivity index (χ4v) is 0.490. The number of rotatable bonds is 3. The van der Waals surface area contributed by atoms with Crippen molar-refractivity contribution in [2.24, 2.45) is 5.92 Å². The molecule has 0 nitrogen and oxygen atoms in total. The van der Waals surface area contributed by atoms with E-state index in [2.05, 4.69) is 32.1 Å². The lowest BCUT2D eigenvalue weighted by Gasteiger charge is -1.89. The van der Waals surface area contributed by atoms with Gasteiger partial charge in [0.2, 0.25) is 0 Å². The van der Waals surface area contributed by atoms with Gasteiger partial charge in [0.15, 0.2) is 0 Å². The number of hydrogen-bond donors (Lipinski definition) is 0. The minimum absolute atomic E-state index is 0.634. The molecule has 51 valence electrons. The van der Waals surface area contributed by atoms with Gasteiger partial charge in [-0.05, 0) is 25.3 Å². The van der Waals surface area contributed by atoms with Crippen molar-refractivity contribution in [1.82, 2.24) is 0 Å². The van der Waals surface area contributed by atoms with Crippen molar-refractivity contribution < 1.29 is 0 Å². The molecule has 0 heterocycles. The summed E-state index contributed by atoms with van der Waals surface area (Å²) in [4.78, 5) is 0. The minimum atomic E-state index is 0.634.